The average Bonchev–Trinajstić information content (AvgIpc) is 2.63. The smallest absolute Gasteiger partial charge is 0.137 e. The van der Waals surface area contributed by atoms with Gasteiger partial charge in [-0.3, -0.25) is 4.68 Å². The first kappa shape index (κ1) is 13.9. The average molecular weight is 281 g/mol. The molecule has 0 aliphatic heterocycles. The molecular weight excluding hydrogens is 264 g/mol. The second-order valence-electron chi connectivity index (χ2n) is 4.50. The van der Waals surface area contributed by atoms with E-state index in [0.717, 1.165) is 22.5 Å². The lowest BCUT2D eigenvalue weighted by Crippen LogP contribution is -2.03. The molecule has 2 rings (SSSR count). The van der Waals surface area contributed by atoms with E-state index in [-0.39, 0.29) is 0 Å². The Kier molecular flexibility index (Phi) is 3.83. The van der Waals surface area contributed by atoms with Gasteiger partial charge in [-0.15, -0.1) is 0 Å². The molecule has 2 aromatic rings. The summed E-state index contributed by atoms with van der Waals surface area (Å²) in [6.45, 7) is 3.82. The summed E-state index contributed by atoms with van der Waals surface area (Å²) in [4.78, 5) is 0. The number of ether oxygens (including phenoxy) is 1. The quantitative estimate of drug-likeness (QED) is 0.940. The third kappa shape index (κ3) is 2.46. The Hall–Kier alpha value is -1.52. The summed E-state index contributed by atoms with van der Waals surface area (Å²) in [7, 11) is 3.42. The van der Waals surface area contributed by atoms with Gasteiger partial charge in [-0.05, 0) is 31.5 Å². The molecule has 1 unspecified atom stereocenters. The minimum atomic E-state index is -0.736. The van der Waals surface area contributed by atoms with Crippen LogP contribution >= 0.6 is 11.6 Å². The van der Waals surface area contributed by atoms with Gasteiger partial charge in [0.25, 0.3) is 0 Å². The van der Waals surface area contributed by atoms with Crippen LogP contribution in [-0.2, 0) is 7.05 Å². The minimum Gasteiger partial charge on any atom is -0.495 e. The number of aliphatic hydroxyl groups is 1. The Labute approximate surface area is 117 Å². The topological polar surface area (TPSA) is 47.3 Å². The maximum Gasteiger partial charge on any atom is 0.137 e. The highest BCUT2D eigenvalue weighted by atomic mass is 35.5. The van der Waals surface area contributed by atoms with Crippen molar-refractivity contribution in [3.8, 4) is 5.75 Å². The van der Waals surface area contributed by atoms with Crippen LogP contribution in [0.4, 0.5) is 0 Å². The molecule has 102 valence electrons. The van der Waals surface area contributed by atoms with Crippen LogP contribution in [0.2, 0.25) is 5.02 Å². The van der Waals surface area contributed by atoms with Crippen LogP contribution < -0.4 is 4.74 Å². The van der Waals surface area contributed by atoms with E-state index in [0.29, 0.717) is 10.8 Å². The summed E-state index contributed by atoms with van der Waals surface area (Å²) in [6.07, 6.45) is -0.736. The SMILES string of the molecule is COc1cc(C(O)c2c(C)nn(C)c2C)ccc1Cl. The molecular formula is C14H17ClN2O2. The van der Waals surface area contributed by atoms with Crippen molar-refractivity contribution in [3.05, 3.63) is 45.7 Å². The maximum atomic E-state index is 10.5. The first-order valence-electron chi connectivity index (χ1n) is 5.97. The summed E-state index contributed by atoms with van der Waals surface area (Å²) in [5.74, 6) is 0.553. The van der Waals surface area contributed by atoms with E-state index in [1.165, 1.54) is 0 Å². The van der Waals surface area contributed by atoms with Gasteiger partial charge < -0.3 is 9.84 Å². The van der Waals surface area contributed by atoms with E-state index < -0.39 is 6.10 Å². The monoisotopic (exact) mass is 280 g/mol. The second-order valence-corrected chi connectivity index (χ2v) is 4.91. The van der Waals surface area contributed by atoms with E-state index >= 15 is 0 Å². The van der Waals surface area contributed by atoms with Gasteiger partial charge >= 0.3 is 0 Å². The number of hydrogen-bond acceptors (Lipinski definition) is 3. The van der Waals surface area contributed by atoms with Crippen molar-refractivity contribution in [2.75, 3.05) is 7.11 Å². The second kappa shape index (κ2) is 5.23. The third-order valence-corrected chi connectivity index (χ3v) is 3.64. The molecule has 0 amide bonds. The highest BCUT2D eigenvalue weighted by molar-refractivity contribution is 6.32. The van der Waals surface area contributed by atoms with Gasteiger partial charge in [-0.25, -0.2) is 0 Å². The van der Waals surface area contributed by atoms with Crippen LogP contribution in [-0.4, -0.2) is 22.0 Å². The Morgan fingerprint density at radius 2 is 2.05 bits per heavy atom. The van der Waals surface area contributed by atoms with E-state index in [2.05, 4.69) is 5.10 Å². The molecule has 0 bridgehead atoms. The fraction of sp³-hybridized carbons (Fsp3) is 0.357. The molecule has 1 atom stereocenters. The number of aromatic nitrogens is 2. The standard InChI is InChI=1S/C14H17ClN2O2/c1-8-13(9(2)17(3)16-8)14(18)10-5-6-11(15)12(7-10)19-4/h5-7,14,18H,1-4H3. The van der Waals surface area contributed by atoms with Crippen LogP contribution in [0.15, 0.2) is 18.2 Å². The lowest BCUT2D eigenvalue weighted by molar-refractivity contribution is 0.218. The molecule has 0 aliphatic rings. The zero-order chi connectivity index (χ0) is 14.2. The number of rotatable bonds is 3. The van der Waals surface area contributed by atoms with Gasteiger partial charge in [-0.1, -0.05) is 17.7 Å². The summed E-state index contributed by atoms with van der Waals surface area (Å²) in [6, 6.07) is 5.26. The van der Waals surface area contributed by atoms with E-state index in [4.69, 9.17) is 16.3 Å². The van der Waals surface area contributed by atoms with Crippen molar-refractivity contribution >= 4 is 11.6 Å². The zero-order valence-electron chi connectivity index (χ0n) is 11.4. The Morgan fingerprint density at radius 3 is 2.58 bits per heavy atom. The molecule has 0 saturated heterocycles. The summed E-state index contributed by atoms with van der Waals surface area (Å²) < 4.78 is 6.94. The highest BCUT2D eigenvalue weighted by Gasteiger charge is 2.20. The van der Waals surface area contributed by atoms with E-state index in [9.17, 15) is 5.11 Å². The fourth-order valence-corrected chi connectivity index (χ4v) is 2.39. The maximum absolute atomic E-state index is 10.5. The van der Waals surface area contributed by atoms with Crippen LogP contribution in [0.3, 0.4) is 0 Å². The van der Waals surface area contributed by atoms with Crippen molar-refractivity contribution < 1.29 is 9.84 Å². The summed E-state index contributed by atoms with van der Waals surface area (Å²) >= 11 is 5.99. The lowest BCUT2D eigenvalue weighted by atomic mass is 10.00. The predicted molar refractivity (Wildman–Crippen MR) is 74.7 cm³/mol. The van der Waals surface area contributed by atoms with E-state index in [1.807, 2.05) is 20.9 Å². The van der Waals surface area contributed by atoms with Gasteiger partial charge in [0.05, 0.1) is 17.8 Å². The molecule has 0 radical (unpaired) electrons. The van der Waals surface area contributed by atoms with Gasteiger partial charge in [0.15, 0.2) is 0 Å². The number of aryl methyl sites for hydroxylation is 2. The summed E-state index contributed by atoms with van der Waals surface area (Å²) in [5.41, 5.74) is 3.33. The molecule has 1 N–H and O–H groups in total. The highest BCUT2D eigenvalue weighted by Crippen LogP contribution is 2.32. The molecule has 1 aromatic carbocycles. The Morgan fingerprint density at radius 1 is 1.37 bits per heavy atom. The first-order chi connectivity index (χ1) is 8.95. The predicted octanol–water partition coefficient (Wildman–Crippen LogP) is 2.78. The molecule has 4 nitrogen and oxygen atoms in total. The van der Waals surface area contributed by atoms with Crippen molar-refractivity contribution in [2.45, 2.75) is 20.0 Å². The lowest BCUT2D eigenvalue weighted by Gasteiger charge is -2.14. The van der Waals surface area contributed by atoms with Crippen molar-refractivity contribution in [1.29, 1.82) is 0 Å². The van der Waals surface area contributed by atoms with Gasteiger partial charge in [0, 0.05) is 18.3 Å². The minimum absolute atomic E-state index is 0.526. The molecule has 0 spiro atoms. The number of hydrogen-bond donors (Lipinski definition) is 1. The largest absolute Gasteiger partial charge is 0.495 e. The number of nitrogens with zero attached hydrogens (tertiary/aromatic N) is 2. The number of halogens is 1. The summed E-state index contributed by atoms with van der Waals surface area (Å²) in [5, 5.41) is 15.4. The number of aliphatic hydroxyl groups excluding tert-OH is 1. The third-order valence-electron chi connectivity index (χ3n) is 3.33. The molecule has 1 aromatic heterocycles. The van der Waals surface area contributed by atoms with Crippen LogP contribution in [0.1, 0.15) is 28.6 Å². The van der Waals surface area contributed by atoms with E-state index in [1.54, 1.807) is 30.0 Å². The van der Waals surface area contributed by atoms with Crippen LogP contribution in [0.5, 0.6) is 5.75 Å². The van der Waals surface area contributed by atoms with Gasteiger partial charge in [0.1, 0.15) is 11.9 Å². The van der Waals surface area contributed by atoms with Gasteiger partial charge in [0.2, 0.25) is 0 Å². The molecule has 0 fully saturated rings. The fourth-order valence-electron chi connectivity index (χ4n) is 2.20. The van der Waals surface area contributed by atoms with Crippen LogP contribution in [0.25, 0.3) is 0 Å². The Balaban J connectivity index is 2.46. The zero-order valence-corrected chi connectivity index (χ0v) is 12.2. The normalized spacial score (nSPS) is 12.5. The van der Waals surface area contributed by atoms with Crippen molar-refractivity contribution in [3.63, 3.8) is 0 Å². The van der Waals surface area contributed by atoms with Gasteiger partial charge in [-0.2, -0.15) is 5.10 Å². The molecule has 0 saturated carbocycles. The van der Waals surface area contributed by atoms with Crippen LogP contribution in [0, 0.1) is 13.8 Å². The molecule has 0 aliphatic carbocycles. The number of benzene rings is 1. The molecule has 5 heteroatoms. The first-order valence-corrected chi connectivity index (χ1v) is 6.35. The molecule has 19 heavy (non-hydrogen) atoms. The Bertz CT molecular complexity index is 608. The molecule has 1 heterocycles. The van der Waals surface area contributed by atoms with Crippen molar-refractivity contribution in [2.24, 2.45) is 7.05 Å². The number of methoxy groups -OCH3 is 1. The van der Waals surface area contributed by atoms with Crippen molar-refractivity contribution in [1.82, 2.24) is 9.78 Å².